The highest BCUT2D eigenvalue weighted by Crippen LogP contribution is 2.39. The predicted molar refractivity (Wildman–Crippen MR) is 120 cm³/mol. The molecule has 0 amide bonds. The minimum atomic E-state index is -0.823. The maximum atomic E-state index is 11.0. The summed E-state index contributed by atoms with van der Waals surface area (Å²) >= 11 is 0. The molecule has 3 aromatic rings. The molecule has 0 spiro atoms. The number of pyridine rings is 1. The van der Waals surface area contributed by atoms with Gasteiger partial charge in [0.2, 0.25) is 5.82 Å². The van der Waals surface area contributed by atoms with Gasteiger partial charge in [0.25, 0.3) is 5.89 Å². The summed E-state index contributed by atoms with van der Waals surface area (Å²) < 4.78 is 7.74. The average molecular weight is 438 g/mol. The molecule has 0 radical (unpaired) electrons. The SMILES string of the molecule is CCc1cc(-c2noc(-c3nn(CC)c4c3CCC(C)(C)C4)n2)c(C)nc1CCC(=O)O. The highest BCUT2D eigenvalue weighted by atomic mass is 16.5. The van der Waals surface area contributed by atoms with Crippen molar-refractivity contribution < 1.29 is 14.4 Å². The molecule has 8 nitrogen and oxygen atoms in total. The van der Waals surface area contributed by atoms with E-state index < -0.39 is 5.97 Å². The molecule has 0 saturated carbocycles. The Bertz CT molecular complexity index is 1160. The number of carboxylic acids is 1. The van der Waals surface area contributed by atoms with Crippen molar-refractivity contribution in [2.24, 2.45) is 5.41 Å². The van der Waals surface area contributed by atoms with Crippen molar-refractivity contribution in [3.8, 4) is 23.0 Å². The Kier molecular flexibility index (Phi) is 5.88. The molecule has 8 heteroatoms. The number of hydrogen-bond donors (Lipinski definition) is 1. The van der Waals surface area contributed by atoms with Gasteiger partial charge < -0.3 is 9.63 Å². The molecule has 0 atom stereocenters. The number of carbonyl (C=O) groups is 1. The Balaban J connectivity index is 1.70. The molecule has 170 valence electrons. The summed E-state index contributed by atoms with van der Waals surface area (Å²) in [6.45, 7) is 11.4. The molecule has 0 aromatic carbocycles. The van der Waals surface area contributed by atoms with Gasteiger partial charge in [0.05, 0.1) is 6.42 Å². The second-order valence-electron chi connectivity index (χ2n) is 9.33. The number of aromatic nitrogens is 5. The van der Waals surface area contributed by atoms with Gasteiger partial charge in [-0.25, -0.2) is 0 Å². The Hall–Kier alpha value is -3.03. The van der Waals surface area contributed by atoms with Crippen LogP contribution in [0.4, 0.5) is 0 Å². The second kappa shape index (κ2) is 8.48. The monoisotopic (exact) mass is 437 g/mol. The van der Waals surface area contributed by atoms with Crippen LogP contribution < -0.4 is 0 Å². The van der Waals surface area contributed by atoms with Gasteiger partial charge in [-0.15, -0.1) is 0 Å². The van der Waals surface area contributed by atoms with Crippen LogP contribution in [-0.2, 0) is 37.0 Å². The van der Waals surface area contributed by atoms with E-state index in [1.54, 1.807) is 0 Å². The molecular formula is C24H31N5O3. The van der Waals surface area contributed by atoms with E-state index in [-0.39, 0.29) is 11.8 Å². The molecule has 0 fully saturated rings. The van der Waals surface area contributed by atoms with Gasteiger partial charge in [0.1, 0.15) is 0 Å². The van der Waals surface area contributed by atoms with Crippen molar-refractivity contribution in [1.29, 1.82) is 0 Å². The molecule has 1 aliphatic rings. The van der Waals surface area contributed by atoms with Gasteiger partial charge in [-0.2, -0.15) is 10.1 Å². The van der Waals surface area contributed by atoms with E-state index in [2.05, 4.69) is 35.6 Å². The van der Waals surface area contributed by atoms with Crippen LogP contribution in [0.3, 0.4) is 0 Å². The minimum absolute atomic E-state index is 0.0626. The van der Waals surface area contributed by atoms with Crippen LogP contribution in [0, 0.1) is 12.3 Å². The van der Waals surface area contributed by atoms with Crippen molar-refractivity contribution in [1.82, 2.24) is 24.9 Å². The molecule has 1 N–H and O–H groups in total. The first-order valence-electron chi connectivity index (χ1n) is 11.4. The van der Waals surface area contributed by atoms with Gasteiger partial charge in [-0.05, 0) is 56.6 Å². The topological polar surface area (TPSA) is 107 Å². The van der Waals surface area contributed by atoms with Crippen molar-refractivity contribution in [3.63, 3.8) is 0 Å². The fourth-order valence-electron chi connectivity index (χ4n) is 4.53. The van der Waals surface area contributed by atoms with Gasteiger partial charge in [0.15, 0.2) is 5.69 Å². The highest BCUT2D eigenvalue weighted by molar-refractivity contribution is 5.67. The summed E-state index contributed by atoms with van der Waals surface area (Å²) in [6, 6.07) is 2.01. The Morgan fingerprint density at radius 1 is 1.28 bits per heavy atom. The third kappa shape index (κ3) is 4.18. The predicted octanol–water partition coefficient (Wildman–Crippen LogP) is 4.42. The van der Waals surface area contributed by atoms with Gasteiger partial charge >= 0.3 is 5.97 Å². The van der Waals surface area contributed by atoms with Crippen molar-refractivity contribution >= 4 is 5.97 Å². The van der Waals surface area contributed by atoms with E-state index in [4.69, 9.17) is 19.7 Å². The van der Waals surface area contributed by atoms with Gasteiger partial charge in [-0.3, -0.25) is 14.5 Å². The number of hydrogen-bond acceptors (Lipinski definition) is 6. The van der Waals surface area contributed by atoms with Crippen LogP contribution in [0.1, 0.15) is 68.7 Å². The number of aryl methyl sites for hydroxylation is 4. The van der Waals surface area contributed by atoms with Crippen molar-refractivity contribution in [3.05, 3.63) is 34.3 Å². The van der Waals surface area contributed by atoms with Crippen LogP contribution in [0.25, 0.3) is 23.0 Å². The lowest BCUT2D eigenvalue weighted by molar-refractivity contribution is -0.136. The normalized spacial score (nSPS) is 15.0. The molecule has 0 bridgehead atoms. The fourth-order valence-corrected chi connectivity index (χ4v) is 4.53. The molecule has 3 heterocycles. The third-order valence-electron chi connectivity index (χ3n) is 6.37. The fraction of sp³-hybridized carbons (Fsp3) is 0.542. The number of carboxylic acid groups (broad SMARTS) is 1. The molecule has 32 heavy (non-hydrogen) atoms. The molecular weight excluding hydrogens is 406 g/mol. The lowest BCUT2D eigenvalue weighted by atomic mass is 9.76. The zero-order valence-corrected chi connectivity index (χ0v) is 19.5. The van der Waals surface area contributed by atoms with Gasteiger partial charge in [0, 0.05) is 41.2 Å². The molecule has 0 unspecified atom stereocenters. The number of nitrogens with zero attached hydrogens (tertiary/aromatic N) is 5. The smallest absolute Gasteiger partial charge is 0.303 e. The van der Waals surface area contributed by atoms with Crippen LogP contribution in [0.5, 0.6) is 0 Å². The first-order valence-corrected chi connectivity index (χ1v) is 11.4. The Morgan fingerprint density at radius 3 is 2.75 bits per heavy atom. The Morgan fingerprint density at radius 2 is 2.06 bits per heavy atom. The number of aliphatic carboxylic acids is 1. The van der Waals surface area contributed by atoms with Crippen LogP contribution in [-0.4, -0.2) is 36.0 Å². The maximum Gasteiger partial charge on any atom is 0.303 e. The lowest BCUT2D eigenvalue weighted by Gasteiger charge is -2.30. The summed E-state index contributed by atoms with van der Waals surface area (Å²) in [5.41, 5.74) is 6.93. The minimum Gasteiger partial charge on any atom is -0.481 e. The first-order chi connectivity index (χ1) is 15.2. The van der Waals surface area contributed by atoms with E-state index >= 15 is 0 Å². The molecule has 0 aliphatic heterocycles. The zero-order chi connectivity index (χ0) is 23.0. The van der Waals surface area contributed by atoms with E-state index in [1.165, 1.54) is 11.3 Å². The molecule has 0 saturated heterocycles. The summed E-state index contributed by atoms with van der Waals surface area (Å²) in [6.07, 6.45) is 4.27. The average Bonchev–Trinajstić information content (AvgIpc) is 3.35. The van der Waals surface area contributed by atoms with Gasteiger partial charge in [-0.1, -0.05) is 25.9 Å². The molecule has 1 aliphatic carbocycles. The third-order valence-corrected chi connectivity index (χ3v) is 6.37. The number of fused-ring (bicyclic) bond motifs is 1. The van der Waals surface area contributed by atoms with E-state index in [0.29, 0.717) is 18.1 Å². The van der Waals surface area contributed by atoms with E-state index in [1.807, 2.05) is 19.9 Å². The van der Waals surface area contributed by atoms with E-state index in [0.717, 1.165) is 60.4 Å². The Labute approximate surface area is 188 Å². The summed E-state index contributed by atoms with van der Waals surface area (Å²) in [4.78, 5) is 20.3. The summed E-state index contributed by atoms with van der Waals surface area (Å²) in [5, 5.41) is 18.1. The first kappa shape index (κ1) is 22.2. The molecule has 3 aromatic heterocycles. The molecule has 4 rings (SSSR count). The van der Waals surface area contributed by atoms with E-state index in [9.17, 15) is 4.79 Å². The zero-order valence-electron chi connectivity index (χ0n) is 19.5. The highest BCUT2D eigenvalue weighted by Gasteiger charge is 2.32. The maximum absolute atomic E-state index is 11.0. The summed E-state index contributed by atoms with van der Waals surface area (Å²) in [7, 11) is 0. The van der Waals surface area contributed by atoms with Crippen molar-refractivity contribution in [2.75, 3.05) is 0 Å². The lowest BCUT2D eigenvalue weighted by Crippen LogP contribution is -2.24. The summed E-state index contributed by atoms with van der Waals surface area (Å²) in [5.74, 6) is 0.104. The van der Waals surface area contributed by atoms with Crippen molar-refractivity contribution in [2.45, 2.75) is 79.7 Å². The largest absolute Gasteiger partial charge is 0.481 e. The van der Waals surface area contributed by atoms with Crippen LogP contribution in [0.15, 0.2) is 10.6 Å². The quantitative estimate of drug-likeness (QED) is 0.583. The van der Waals surface area contributed by atoms with Crippen LogP contribution in [0.2, 0.25) is 0 Å². The number of rotatable bonds is 7. The van der Waals surface area contributed by atoms with Crippen LogP contribution >= 0.6 is 0 Å². The standard InChI is InChI=1S/C24H31N5O3/c1-6-15-12-17(14(3)25-18(15)8-9-20(30)31)22-26-23(32-28-22)21-16-10-11-24(4,5)13-19(16)29(7-2)27-21/h12H,6-11,13H2,1-5H3,(H,30,31). The second-order valence-corrected chi connectivity index (χ2v) is 9.33.